The Kier molecular flexibility index (Phi) is 0.384. The smallest absolute Gasteiger partial charge is 0.0431 e. The molecule has 0 atom stereocenters. The van der Waals surface area contributed by atoms with Gasteiger partial charge in [-0.05, 0) is 33.2 Å². The zero-order chi connectivity index (χ0) is 10.7. The van der Waals surface area contributed by atoms with Gasteiger partial charge in [0.25, 0.3) is 0 Å². The fourth-order valence-corrected chi connectivity index (χ4v) is 0.379. The topological polar surface area (TPSA) is 3.24 Å². The van der Waals surface area contributed by atoms with E-state index in [1.807, 2.05) is 0 Å². The molecule has 1 saturated heterocycles. The van der Waals surface area contributed by atoms with Crippen LogP contribution in [0.1, 0.15) is 28.4 Å². The molecule has 0 spiro atoms. The van der Waals surface area contributed by atoms with Gasteiger partial charge < -0.3 is 4.90 Å². The van der Waals surface area contributed by atoms with Crippen LogP contribution in [0.15, 0.2) is 0 Å². The van der Waals surface area contributed by atoms with Crippen LogP contribution in [0.4, 0.5) is 0 Å². The summed E-state index contributed by atoms with van der Waals surface area (Å²) < 4.78 is 44.1. The minimum atomic E-state index is -2.44. The predicted octanol–water partition coefficient (Wildman–Crippen LogP) is 1.10. The van der Waals surface area contributed by atoms with Crippen molar-refractivity contribution in [3.8, 4) is 0 Å². The molecule has 1 nitrogen and oxygen atoms in total. The first kappa shape index (κ1) is 1.47. The standard InChI is InChI=1S/C6H13N/c1-6(2)7-4-3-5-7/h6H,3-5H2,1-2H3/i3D2,4D2,5D2. The average molecular weight is 105 g/mol. The maximum absolute atomic E-state index is 7.39. The maximum atomic E-state index is 7.39. The Hall–Kier alpha value is -0.0400. The Balaban J connectivity index is 3.03. The lowest BCUT2D eigenvalue weighted by molar-refractivity contribution is 0.138. The Labute approximate surface area is 53.7 Å². The summed E-state index contributed by atoms with van der Waals surface area (Å²) in [6.07, 6.45) is -2.44. The van der Waals surface area contributed by atoms with E-state index >= 15 is 0 Å². The Morgan fingerprint density at radius 2 is 2.14 bits per heavy atom. The van der Waals surface area contributed by atoms with E-state index in [1.165, 1.54) is 0 Å². The number of rotatable bonds is 1. The van der Waals surface area contributed by atoms with E-state index in [9.17, 15) is 0 Å². The molecule has 0 aliphatic carbocycles. The van der Waals surface area contributed by atoms with Crippen molar-refractivity contribution in [1.82, 2.24) is 4.90 Å². The lowest BCUT2D eigenvalue weighted by Gasteiger charge is -2.34. The number of nitrogens with zero attached hydrogens (tertiary/aromatic N) is 1. The Morgan fingerprint density at radius 1 is 1.57 bits per heavy atom. The van der Waals surface area contributed by atoms with Crippen molar-refractivity contribution in [2.45, 2.75) is 26.3 Å². The summed E-state index contributed by atoms with van der Waals surface area (Å²) in [5.41, 5.74) is 0. The van der Waals surface area contributed by atoms with Crippen LogP contribution in [0.3, 0.4) is 0 Å². The summed E-state index contributed by atoms with van der Waals surface area (Å²) in [6, 6.07) is -0.353. The van der Waals surface area contributed by atoms with Gasteiger partial charge in [0, 0.05) is 14.3 Å². The van der Waals surface area contributed by atoms with Gasteiger partial charge in [0.15, 0.2) is 0 Å². The fourth-order valence-electron chi connectivity index (χ4n) is 0.379. The van der Waals surface area contributed by atoms with E-state index in [-0.39, 0.29) is 6.04 Å². The Morgan fingerprint density at radius 3 is 2.43 bits per heavy atom. The molecule has 1 heterocycles. The van der Waals surface area contributed by atoms with Gasteiger partial charge in [-0.3, -0.25) is 0 Å². The van der Waals surface area contributed by atoms with E-state index in [1.54, 1.807) is 13.8 Å². The van der Waals surface area contributed by atoms with Crippen LogP contribution in [0.25, 0.3) is 0 Å². The van der Waals surface area contributed by atoms with Crippen LogP contribution >= 0.6 is 0 Å². The van der Waals surface area contributed by atoms with Crippen molar-refractivity contribution in [1.29, 1.82) is 0 Å². The summed E-state index contributed by atoms with van der Waals surface area (Å²) in [4.78, 5) is 0.917. The fraction of sp³-hybridized carbons (Fsp3) is 1.00. The second kappa shape index (κ2) is 1.83. The zero-order valence-electron chi connectivity index (χ0n) is 10.5. The molecule has 1 heteroatoms. The summed E-state index contributed by atoms with van der Waals surface area (Å²) in [6.45, 7) is -1.15. The van der Waals surface area contributed by atoms with Gasteiger partial charge in [-0.25, -0.2) is 0 Å². The van der Waals surface area contributed by atoms with Crippen molar-refractivity contribution in [3.05, 3.63) is 0 Å². The highest BCUT2D eigenvalue weighted by molar-refractivity contribution is 4.71. The van der Waals surface area contributed by atoms with Crippen LogP contribution < -0.4 is 0 Å². The van der Waals surface area contributed by atoms with Gasteiger partial charge in [0.2, 0.25) is 0 Å². The molecule has 0 saturated carbocycles. The van der Waals surface area contributed by atoms with Crippen LogP contribution in [0.5, 0.6) is 0 Å². The second-order valence-corrected chi connectivity index (χ2v) is 1.81. The molecule has 0 radical (unpaired) electrons. The lowest BCUT2D eigenvalue weighted by Crippen LogP contribution is -2.41. The molecule has 0 unspecified atom stereocenters. The number of hydrogen-bond donors (Lipinski definition) is 0. The van der Waals surface area contributed by atoms with Crippen LogP contribution in [-0.2, 0) is 0 Å². The molecule has 0 bridgehead atoms. The minimum absolute atomic E-state index is 0.353. The van der Waals surface area contributed by atoms with E-state index in [4.69, 9.17) is 8.22 Å². The van der Waals surface area contributed by atoms with E-state index in [2.05, 4.69) is 0 Å². The molecule has 42 valence electrons. The molecular formula is C6H13N. The summed E-state index contributed by atoms with van der Waals surface area (Å²) >= 11 is 0. The van der Waals surface area contributed by atoms with Gasteiger partial charge in [0.1, 0.15) is 0 Å². The molecule has 0 aromatic rings. The SMILES string of the molecule is [2H]C1([2H])N(C(C)C)C([2H])([2H])C1([2H])[2H]. The summed E-state index contributed by atoms with van der Waals surface area (Å²) in [7, 11) is 0. The maximum Gasteiger partial charge on any atom is 0.0431 e. The van der Waals surface area contributed by atoms with E-state index in [0.29, 0.717) is 0 Å². The third-order valence-corrected chi connectivity index (χ3v) is 0.869. The summed E-state index contributed by atoms with van der Waals surface area (Å²) in [5, 5.41) is 0. The van der Waals surface area contributed by atoms with Crippen molar-refractivity contribution >= 4 is 0 Å². The van der Waals surface area contributed by atoms with Gasteiger partial charge in [-0.1, -0.05) is 0 Å². The molecule has 7 heavy (non-hydrogen) atoms. The normalized spacial score (nSPS) is 57.0. The van der Waals surface area contributed by atoms with Crippen LogP contribution in [-0.4, -0.2) is 23.9 Å². The van der Waals surface area contributed by atoms with Crippen LogP contribution in [0, 0.1) is 0 Å². The molecule has 1 aliphatic heterocycles. The third-order valence-electron chi connectivity index (χ3n) is 0.869. The van der Waals surface area contributed by atoms with Gasteiger partial charge in [-0.2, -0.15) is 0 Å². The quantitative estimate of drug-likeness (QED) is 0.482. The lowest BCUT2D eigenvalue weighted by atomic mass is 10.2. The van der Waals surface area contributed by atoms with Gasteiger partial charge in [-0.15, -0.1) is 0 Å². The second-order valence-electron chi connectivity index (χ2n) is 1.81. The van der Waals surface area contributed by atoms with Crippen molar-refractivity contribution in [2.24, 2.45) is 0 Å². The van der Waals surface area contributed by atoms with Crippen molar-refractivity contribution in [2.75, 3.05) is 13.0 Å². The molecule has 1 aliphatic rings. The molecule has 1 rings (SSSR count). The summed E-state index contributed by atoms with van der Waals surface area (Å²) in [5.74, 6) is 0. The first-order chi connectivity index (χ1) is 5.57. The zero-order valence-corrected chi connectivity index (χ0v) is 4.52. The van der Waals surface area contributed by atoms with Gasteiger partial charge in [0.05, 0.1) is 0 Å². The highest BCUT2D eigenvalue weighted by atomic mass is 15.2. The van der Waals surface area contributed by atoms with Crippen LogP contribution in [0.2, 0.25) is 0 Å². The Bertz CT molecular complexity index is 205. The molecule has 1 fully saturated rings. The highest BCUT2D eigenvalue weighted by Crippen LogP contribution is 2.08. The van der Waals surface area contributed by atoms with E-state index in [0.717, 1.165) is 4.90 Å². The monoisotopic (exact) mass is 105 g/mol. The first-order valence-electron chi connectivity index (χ1n) is 5.36. The highest BCUT2D eigenvalue weighted by Gasteiger charge is 2.15. The van der Waals surface area contributed by atoms with Gasteiger partial charge >= 0.3 is 0 Å². The third kappa shape index (κ3) is 0.942. The first-order valence-corrected chi connectivity index (χ1v) is 2.36. The molecule has 0 N–H and O–H groups in total. The average Bonchev–Trinajstić information content (AvgIpc) is 1.82. The van der Waals surface area contributed by atoms with Crippen molar-refractivity contribution in [3.63, 3.8) is 0 Å². The minimum Gasteiger partial charge on any atom is -0.301 e. The molecular weight excluding hydrogens is 86.1 g/mol. The molecule has 0 amide bonds. The number of hydrogen-bond acceptors (Lipinski definition) is 1. The number of likely N-dealkylation sites (tertiary alicyclic amines) is 1. The largest absolute Gasteiger partial charge is 0.301 e. The van der Waals surface area contributed by atoms with E-state index < -0.39 is 19.4 Å². The predicted molar refractivity (Wildman–Crippen MR) is 31.3 cm³/mol. The van der Waals surface area contributed by atoms with Crippen molar-refractivity contribution < 1.29 is 8.22 Å². The molecule has 0 aromatic carbocycles. The molecule has 0 aromatic heterocycles.